The Bertz CT molecular complexity index is 1010. The van der Waals surface area contributed by atoms with Gasteiger partial charge in [0.05, 0.1) is 30.3 Å². The molecule has 1 saturated heterocycles. The minimum Gasteiger partial charge on any atom is -0.468 e. The Morgan fingerprint density at radius 2 is 1.66 bits per heavy atom. The smallest absolute Gasteiger partial charge is 0.416 e. The number of piperazine rings is 1. The van der Waals surface area contributed by atoms with E-state index in [1.165, 1.54) is 12.1 Å². The molecule has 0 saturated carbocycles. The first-order chi connectivity index (χ1) is 15.4. The van der Waals surface area contributed by atoms with Crippen LogP contribution in [-0.2, 0) is 12.7 Å². The molecule has 32 heavy (non-hydrogen) atoms. The molecule has 0 spiro atoms. The van der Waals surface area contributed by atoms with Crippen molar-refractivity contribution >= 4 is 23.2 Å². The van der Waals surface area contributed by atoms with Gasteiger partial charge in [0.15, 0.2) is 0 Å². The van der Waals surface area contributed by atoms with E-state index in [9.17, 15) is 18.0 Å². The van der Waals surface area contributed by atoms with Crippen LogP contribution in [-0.4, -0.2) is 42.1 Å². The highest BCUT2D eigenvalue weighted by Gasteiger charge is 2.30. The van der Waals surface area contributed by atoms with Gasteiger partial charge in [0, 0.05) is 31.9 Å². The molecule has 0 radical (unpaired) electrons. The minimum atomic E-state index is -4.42. The van der Waals surface area contributed by atoms with E-state index < -0.39 is 17.8 Å². The lowest BCUT2D eigenvalue weighted by Crippen LogP contribution is -2.46. The molecule has 3 heterocycles. The second-order valence-corrected chi connectivity index (χ2v) is 7.40. The number of benzene rings is 1. The summed E-state index contributed by atoms with van der Waals surface area (Å²) in [6.45, 7) is 4.21. The number of aromatic nitrogens is 1. The fourth-order valence-electron chi connectivity index (χ4n) is 3.44. The van der Waals surface area contributed by atoms with Crippen LogP contribution < -0.4 is 15.5 Å². The lowest BCUT2D eigenvalue weighted by atomic mass is 10.2. The van der Waals surface area contributed by atoms with Crippen LogP contribution in [0, 0.1) is 0 Å². The van der Waals surface area contributed by atoms with E-state index in [-0.39, 0.29) is 5.69 Å². The highest BCUT2D eigenvalue weighted by Crippen LogP contribution is 2.29. The molecule has 1 aliphatic heterocycles. The van der Waals surface area contributed by atoms with Crippen LogP contribution in [0.15, 0.2) is 65.4 Å². The summed E-state index contributed by atoms with van der Waals surface area (Å²) in [4.78, 5) is 21.0. The second kappa shape index (κ2) is 9.31. The van der Waals surface area contributed by atoms with Crippen molar-refractivity contribution in [1.29, 1.82) is 0 Å². The normalized spacial score (nSPS) is 14.9. The van der Waals surface area contributed by atoms with Gasteiger partial charge < -0.3 is 20.0 Å². The second-order valence-electron chi connectivity index (χ2n) is 7.40. The third-order valence-corrected chi connectivity index (χ3v) is 5.13. The number of carbonyl (C=O) groups is 1. The molecule has 168 valence electrons. The van der Waals surface area contributed by atoms with Crippen LogP contribution in [0.5, 0.6) is 0 Å². The number of hydrogen-bond donors (Lipinski definition) is 2. The van der Waals surface area contributed by atoms with Crippen LogP contribution in [0.1, 0.15) is 11.3 Å². The molecule has 0 atom stereocenters. The van der Waals surface area contributed by atoms with Crippen molar-refractivity contribution in [3.63, 3.8) is 0 Å². The van der Waals surface area contributed by atoms with E-state index in [2.05, 4.69) is 25.4 Å². The SMILES string of the molecule is O=C(Nc1ccc(C(F)(F)F)cc1)Nc1ccc(N2CCN(Cc3ccco3)CC2)nc1. The van der Waals surface area contributed by atoms with Crippen LogP contribution in [0.4, 0.5) is 35.2 Å². The monoisotopic (exact) mass is 445 g/mol. The molecule has 1 fully saturated rings. The van der Waals surface area contributed by atoms with Gasteiger partial charge in [0.2, 0.25) is 0 Å². The molecular weight excluding hydrogens is 423 g/mol. The number of nitrogens with zero attached hydrogens (tertiary/aromatic N) is 3. The molecule has 3 aromatic rings. The molecule has 0 bridgehead atoms. The number of amides is 2. The molecule has 7 nitrogen and oxygen atoms in total. The Morgan fingerprint density at radius 3 is 2.25 bits per heavy atom. The number of anilines is 3. The highest BCUT2D eigenvalue weighted by atomic mass is 19.4. The predicted octanol–water partition coefficient (Wildman–Crippen LogP) is 4.66. The Labute approximate surface area is 182 Å². The van der Waals surface area contributed by atoms with Gasteiger partial charge in [-0.15, -0.1) is 0 Å². The average Bonchev–Trinajstić information content (AvgIpc) is 3.28. The number of carbonyl (C=O) groups excluding carboxylic acids is 1. The van der Waals surface area contributed by atoms with Gasteiger partial charge in [-0.2, -0.15) is 13.2 Å². The number of rotatable bonds is 5. The van der Waals surface area contributed by atoms with E-state index in [0.717, 1.165) is 56.4 Å². The van der Waals surface area contributed by atoms with Gasteiger partial charge in [0.1, 0.15) is 11.6 Å². The van der Waals surface area contributed by atoms with E-state index in [4.69, 9.17) is 4.42 Å². The quantitative estimate of drug-likeness (QED) is 0.598. The van der Waals surface area contributed by atoms with Crippen molar-refractivity contribution < 1.29 is 22.4 Å². The Morgan fingerprint density at radius 1 is 0.969 bits per heavy atom. The summed E-state index contributed by atoms with van der Waals surface area (Å²) in [6, 6.07) is 11.1. The summed E-state index contributed by atoms with van der Waals surface area (Å²) in [5, 5.41) is 5.13. The van der Waals surface area contributed by atoms with Crippen molar-refractivity contribution in [2.75, 3.05) is 41.7 Å². The van der Waals surface area contributed by atoms with Crippen molar-refractivity contribution in [1.82, 2.24) is 9.88 Å². The summed E-state index contributed by atoms with van der Waals surface area (Å²) >= 11 is 0. The van der Waals surface area contributed by atoms with E-state index in [1.807, 2.05) is 18.2 Å². The average molecular weight is 445 g/mol. The molecule has 1 aromatic carbocycles. The van der Waals surface area contributed by atoms with Gasteiger partial charge >= 0.3 is 12.2 Å². The van der Waals surface area contributed by atoms with Crippen molar-refractivity contribution in [2.45, 2.75) is 12.7 Å². The van der Waals surface area contributed by atoms with Gasteiger partial charge in [-0.3, -0.25) is 4.90 Å². The van der Waals surface area contributed by atoms with E-state index in [0.29, 0.717) is 5.69 Å². The standard InChI is InChI=1S/C22H22F3N5O2/c23-22(24,25)16-3-5-17(6-4-16)27-21(31)28-18-7-8-20(26-14-18)30-11-9-29(10-12-30)15-19-2-1-13-32-19/h1-8,13-14H,9-12,15H2,(H2,27,28,31). The molecule has 2 amide bonds. The minimum absolute atomic E-state index is 0.257. The molecule has 1 aliphatic rings. The predicted molar refractivity (Wildman–Crippen MR) is 115 cm³/mol. The highest BCUT2D eigenvalue weighted by molar-refractivity contribution is 5.99. The van der Waals surface area contributed by atoms with Crippen molar-refractivity contribution in [2.24, 2.45) is 0 Å². The molecule has 0 unspecified atom stereocenters. The molecule has 2 N–H and O–H groups in total. The van der Waals surface area contributed by atoms with Crippen LogP contribution in [0.2, 0.25) is 0 Å². The molecule has 2 aromatic heterocycles. The van der Waals surface area contributed by atoms with Crippen molar-refractivity contribution in [3.8, 4) is 0 Å². The van der Waals surface area contributed by atoms with Gasteiger partial charge in [-0.1, -0.05) is 0 Å². The molecular formula is C22H22F3N5O2. The number of halogens is 3. The third-order valence-electron chi connectivity index (χ3n) is 5.13. The third kappa shape index (κ3) is 5.58. The number of furan rings is 1. The maximum atomic E-state index is 12.6. The topological polar surface area (TPSA) is 73.6 Å². The summed E-state index contributed by atoms with van der Waals surface area (Å²) in [5.74, 6) is 1.76. The van der Waals surface area contributed by atoms with E-state index >= 15 is 0 Å². The Kier molecular flexibility index (Phi) is 6.31. The zero-order valence-electron chi connectivity index (χ0n) is 17.1. The maximum absolute atomic E-state index is 12.6. The molecule has 0 aliphatic carbocycles. The largest absolute Gasteiger partial charge is 0.468 e. The zero-order chi connectivity index (χ0) is 22.6. The summed E-state index contributed by atoms with van der Waals surface area (Å²) in [5.41, 5.74) is -0.0350. The fourth-order valence-corrected chi connectivity index (χ4v) is 3.44. The Balaban J connectivity index is 1.26. The van der Waals surface area contributed by atoms with Crippen LogP contribution in [0.25, 0.3) is 0 Å². The number of pyridine rings is 1. The first-order valence-electron chi connectivity index (χ1n) is 10.1. The van der Waals surface area contributed by atoms with Crippen LogP contribution in [0.3, 0.4) is 0 Å². The van der Waals surface area contributed by atoms with Crippen molar-refractivity contribution in [3.05, 3.63) is 72.3 Å². The van der Waals surface area contributed by atoms with Gasteiger partial charge in [-0.05, 0) is 48.5 Å². The first-order valence-corrected chi connectivity index (χ1v) is 10.1. The van der Waals surface area contributed by atoms with Crippen LogP contribution >= 0.6 is 0 Å². The van der Waals surface area contributed by atoms with E-state index in [1.54, 1.807) is 18.5 Å². The first kappa shape index (κ1) is 21.7. The molecule has 10 heteroatoms. The van der Waals surface area contributed by atoms with Gasteiger partial charge in [-0.25, -0.2) is 9.78 Å². The number of hydrogen-bond acceptors (Lipinski definition) is 5. The number of alkyl halides is 3. The summed E-state index contributed by atoms with van der Waals surface area (Å²) < 4.78 is 43.2. The summed E-state index contributed by atoms with van der Waals surface area (Å²) in [7, 11) is 0. The number of urea groups is 1. The summed E-state index contributed by atoms with van der Waals surface area (Å²) in [6.07, 6.45) is -1.19. The lowest BCUT2D eigenvalue weighted by molar-refractivity contribution is -0.137. The fraction of sp³-hybridized carbons (Fsp3) is 0.273. The molecule has 4 rings (SSSR count). The Hall–Kier alpha value is -3.53. The maximum Gasteiger partial charge on any atom is 0.416 e. The zero-order valence-corrected chi connectivity index (χ0v) is 17.1. The van der Waals surface area contributed by atoms with Gasteiger partial charge in [0.25, 0.3) is 0 Å². The number of nitrogens with one attached hydrogen (secondary N) is 2. The lowest BCUT2D eigenvalue weighted by Gasteiger charge is -2.35.